The van der Waals surface area contributed by atoms with E-state index in [-0.39, 0.29) is 17.6 Å². The lowest BCUT2D eigenvalue weighted by Crippen LogP contribution is -2.30. The molecule has 98 valence electrons. The fourth-order valence-corrected chi connectivity index (χ4v) is 2.56. The summed E-state index contributed by atoms with van der Waals surface area (Å²) in [7, 11) is 0. The molecule has 0 bridgehead atoms. The first-order valence-electron chi connectivity index (χ1n) is 5.91. The van der Waals surface area contributed by atoms with Crippen molar-refractivity contribution in [1.82, 2.24) is 4.90 Å². The van der Waals surface area contributed by atoms with Crippen molar-refractivity contribution >= 4 is 21.8 Å². The van der Waals surface area contributed by atoms with Crippen molar-refractivity contribution in [2.75, 3.05) is 13.1 Å². The summed E-state index contributed by atoms with van der Waals surface area (Å²) in [6.07, 6.45) is 0.411. The second kappa shape index (κ2) is 5.36. The number of aliphatic hydroxyl groups is 1. The first-order chi connectivity index (χ1) is 8.49. The number of benzene rings is 1. The van der Waals surface area contributed by atoms with Gasteiger partial charge in [-0.25, -0.2) is 4.39 Å². The fraction of sp³-hybridized carbons (Fsp3) is 0.462. The Morgan fingerprint density at radius 3 is 2.89 bits per heavy atom. The zero-order valence-corrected chi connectivity index (χ0v) is 11.7. The smallest absolute Gasteiger partial charge is 0.253 e. The third-order valence-corrected chi connectivity index (χ3v) is 3.97. The molecular weight excluding hydrogens is 301 g/mol. The summed E-state index contributed by atoms with van der Waals surface area (Å²) < 4.78 is 13.4. The lowest BCUT2D eigenvalue weighted by atomic mass is 10.0. The molecule has 1 heterocycles. The number of hydrogen-bond donors (Lipinski definition) is 1. The largest absolute Gasteiger partial charge is 0.393 e. The maximum atomic E-state index is 13.1. The number of likely N-dealkylation sites (tertiary alicyclic amines) is 1. The maximum Gasteiger partial charge on any atom is 0.253 e. The van der Waals surface area contributed by atoms with Gasteiger partial charge in [-0.3, -0.25) is 4.79 Å². The first-order valence-corrected chi connectivity index (χ1v) is 6.70. The van der Waals surface area contributed by atoms with Gasteiger partial charge in [0.05, 0.1) is 10.6 Å². The highest BCUT2D eigenvalue weighted by Crippen LogP contribution is 2.23. The molecule has 3 nitrogen and oxygen atoms in total. The molecule has 1 amide bonds. The van der Waals surface area contributed by atoms with E-state index < -0.39 is 6.10 Å². The van der Waals surface area contributed by atoms with E-state index in [1.807, 2.05) is 0 Å². The van der Waals surface area contributed by atoms with Gasteiger partial charge in [0.15, 0.2) is 0 Å². The minimum Gasteiger partial charge on any atom is -0.393 e. The monoisotopic (exact) mass is 315 g/mol. The zero-order chi connectivity index (χ0) is 13.3. The topological polar surface area (TPSA) is 40.5 Å². The van der Waals surface area contributed by atoms with Crippen LogP contribution in [0.15, 0.2) is 22.7 Å². The van der Waals surface area contributed by atoms with Crippen LogP contribution in [0.2, 0.25) is 0 Å². The van der Waals surface area contributed by atoms with Gasteiger partial charge < -0.3 is 10.0 Å². The van der Waals surface area contributed by atoms with Crippen molar-refractivity contribution in [1.29, 1.82) is 0 Å². The SMILES string of the molecule is CC(O)C1CCN(C(=O)c2ccc(F)c(Br)c2)C1. The van der Waals surface area contributed by atoms with E-state index >= 15 is 0 Å². The summed E-state index contributed by atoms with van der Waals surface area (Å²) >= 11 is 3.07. The van der Waals surface area contributed by atoms with Gasteiger partial charge in [0, 0.05) is 24.6 Å². The Hall–Kier alpha value is -0.940. The average Bonchev–Trinajstić information content (AvgIpc) is 2.81. The summed E-state index contributed by atoms with van der Waals surface area (Å²) in [6.45, 7) is 2.95. The highest BCUT2D eigenvalue weighted by molar-refractivity contribution is 9.10. The third kappa shape index (κ3) is 2.72. The predicted octanol–water partition coefficient (Wildman–Crippen LogP) is 2.43. The van der Waals surface area contributed by atoms with Crippen LogP contribution in [-0.2, 0) is 0 Å². The molecule has 1 aliphatic heterocycles. The number of amides is 1. The zero-order valence-electron chi connectivity index (χ0n) is 10.1. The van der Waals surface area contributed by atoms with E-state index in [1.165, 1.54) is 18.2 Å². The molecule has 18 heavy (non-hydrogen) atoms. The lowest BCUT2D eigenvalue weighted by molar-refractivity contribution is 0.0762. The van der Waals surface area contributed by atoms with Crippen molar-refractivity contribution in [2.45, 2.75) is 19.4 Å². The summed E-state index contributed by atoms with van der Waals surface area (Å²) in [5.74, 6) is -0.355. The minimum atomic E-state index is -0.400. The molecule has 1 aromatic carbocycles. The number of carbonyl (C=O) groups is 1. The van der Waals surface area contributed by atoms with Gasteiger partial charge in [0.1, 0.15) is 5.82 Å². The fourth-order valence-electron chi connectivity index (χ4n) is 2.18. The maximum absolute atomic E-state index is 13.1. The van der Waals surface area contributed by atoms with E-state index in [0.717, 1.165) is 6.42 Å². The van der Waals surface area contributed by atoms with Crippen LogP contribution in [0, 0.1) is 11.7 Å². The molecule has 1 saturated heterocycles. The quantitative estimate of drug-likeness (QED) is 0.910. The number of rotatable bonds is 2. The van der Waals surface area contributed by atoms with Gasteiger partial charge in [0.2, 0.25) is 0 Å². The molecule has 0 radical (unpaired) electrons. The second-order valence-corrected chi connectivity index (χ2v) is 5.52. The van der Waals surface area contributed by atoms with Gasteiger partial charge >= 0.3 is 0 Å². The number of hydrogen-bond acceptors (Lipinski definition) is 2. The standard InChI is InChI=1S/C13H15BrFNO2/c1-8(17)10-4-5-16(7-10)13(18)9-2-3-12(15)11(14)6-9/h2-3,6,8,10,17H,4-5,7H2,1H3. The van der Waals surface area contributed by atoms with Crippen LogP contribution in [-0.4, -0.2) is 35.1 Å². The van der Waals surface area contributed by atoms with Crippen molar-refractivity contribution in [3.05, 3.63) is 34.1 Å². The van der Waals surface area contributed by atoms with Crippen LogP contribution in [0.5, 0.6) is 0 Å². The van der Waals surface area contributed by atoms with Crippen molar-refractivity contribution in [2.24, 2.45) is 5.92 Å². The van der Waals surface area contributed by atoms with Crippen LogP contribution in [0.3, 0.4) is 0 Å². The van der Waals surface area contributed by atoms with E-state index in [4.69, 9.17) is 0 Å². The van der Waals surface area contributed by atoms with Crippen molar-refractivity contribution in [3.63, 3.8) is 0 Å². The molecule has 0 aliphatic carbocycles. The highest BCUT2D eigenvalue weighted by atomic mass is 79.9. The molecule has 1 aromatic rings. The Morgan fingerprint density at radius 2 is 2.33 bits per heavy atom. The molecule has 2 rings (SSSR count). The molecule has 1 aliphatic rings. The first kappa shape index (κ1) is 13.5. The Labute approximate surface area is 114 Å². The van der Waals surface area contributed by atoms with Crippen LogP contribution in [0.1, 0.15) is 23.7 Å². The van der Waals surface area contributed by atoms with E-state index in [2.05, 4.69) is 15.9 Å². The molecule has 0 spiro atoms. The normalized spacial score (nSPS) is 21.1. The van der Waals surface area contributed by atoms with Crippen LogP contribution >= 0.6 is 15.9 Å². The molecule has 2 atom stereocenters. The number of nitrogens with zero attached hydrogens (tertiary/aromatic N) is 1. The molecular formula is C13H15BrFNO2. The molecule has 0 saturated carbocycles. The Balaban J connectivity index is 2.10. The summed E-state index contributed by atoms with van der Waals surface area (Å²) in [4.78, 5) is 13.9. The molecule has 0 aromatic heterocycles. The molecule has 1 fully saturated rings. The van der Waals surface area contributed by atoms with Crippen LogP contribution in [0.25, 0.3) is 0 Å². The average molecular weight is 316 g/mol. The van der Waals surface area contributed by atoms with Gasteiger partial charge in [-0.15, -0.1) is 0 Å². The van der Waals surface area contributed by atoms with Crippen LogP contribution in [0.4, 0.5) is 4.39 Å². The molecule has 2 unspecified atom stereocenters. The van der Waals surface area contributed by atoms with Crippen molar-refractivity contribution < 1.29 is 14.3 Å². The Kier molecular flexibility index (Phi) is 4.02. The Morgan fingerprint density at radius 1 is 1.61 bits per heavy atom. The van der Waals surface area contributed by atoms with E-state index in [1.54, 1.807) is 11.8 Å². The van der Waals surface area contributed by atoms with Crippen LogP contribution < -0.4 is 0 Å². The van der Waals surface area contributed by atoms with Gasteiger partial charge in [-0.1, -0.05) is 0 Å². The minimum absolute atomic E-state index is 0.112. The van der Waals surface area contributed by atoms with Crippen molar-refractivity contribution in [3.8, 4) is 0 Å². The number of carbonyl (C=O) groups excluding carboxylic acids is 1. The van der Waals surface area contributed by atoms with Gasteiger partial charge in [-0.2, -0.15) is 0 Å². The summed E-state index contributed by atoms with van der Waals surface area (Å²) in [5, 5.41) is 9.51. The third-order valence-electron chi connectivity index (χ3n) is 3.36. The van der Waals surface area contributed by atoms with Gasteiger partial charge in [0.25, 0.3) is 5.91 Å². The number of halogens is 2. The second-order valence-electron chi connectivity index (χ2n) is 4.67. The van der Waals surface area contributed by atoms with Gasteiger partial charge in [-0.05, 0) is 47.5 Å². The van der Waals surface area contributed by atoms with E-state index in [0.29, 0.717) is 23.1 Å². The van der Waals surface area contributed by atoms with E-state index in [9.17, 15) is 14.3 Å². The molecule has 5 heteroatoms. The lowest BCUT2D eigenvalue weighted by Gasteiger charge is -2.18. The molecule has 1 N–H and O–H groups in total. The summed E-state index contributed by atoms with van der Waals surface area (Å²) in [5.41, 5.74) is 0.467. The predicted molar refractivity (Wildman–Crippen MR) is 69.8 cm³/mol. The number of aliphatic hydroxyl groups excluding tert-OH is 1. The Bertz CT molecular complexity index is 464. The highest BCUT2D eigenvalue weighted by Gasteiger charge is 2.29. The summed E-state index contributed by atoms with van der Waals surface area (Å²) in [6, 6.07) is 4.25.